The highest BCUT2D eigenvalue weighted by molar-refractivity contribution is 7.11. The summed E-state index contributed by atoms with van der Waals surface area (Å²) in [6.45, 7) is 6.28. The molecule has 2 atom stereocenters. The number of aromatic nitrogens is 1. The number of hydrogen-bond acceptors (Lipinski definition) is 10. The summed E-state index contributed by atoms with van der Waals surface area (Å²) in [6.07, 6.45) is 1.63. The first kappa shape index (κ1) is 31.3. The minimum absolute atomic E-state index is 0.0948. The number of carbonyl (C=O) groups is 3. The molecule has 0 spiro atoms. The van der Waals surface area contributed by atoms with E-state index in [4.69, 9.17) is 14.5 Å². The number of fused-ring (bicyclic) bond motifs is 1. The van der Waals surface area contributed by atoms with Crippen molar-refractivity contribution < 1.29 is 32.6 Å². The van der Waals surface area contributed by atoms with Crippen LogP contribution in [0.2, 0.25) is 0 Å². The van der Waals surface area contributed by atoms with Crippen LogP contribution < -0.4 is 10.2 Å². The normalized spacial score (nSPS) is 20.3. The lowest BCUT2D eigenvalue weighted by molar-refractivity contribution is -0.141. The van der Waals surface area contributed by atoms with Crippen molar-refractivity contribution in [1.29, 1.82) is 0 Å². The Morgan fingerprint density at radius 2 is 1.91 bits per heavy atom. The van der Waals surface area contributed by atoms with Crippen LogP contribution >= 0.6 is 11.3 Å². The van der Waals surface area contributed by atoms with Crippen molar-refractivity contribution in [2.75, 3.05) is 44.7 Å². The molecule has 2 amide bonds. The van der Waals surface area contributed by atoms with Gasteiger partial charge < -0.3 is 19.7 Å². The number of urea groups is 1. The number of nitrogens with one attached hydrogen (secondary N) is 1. The van der Waals surface area contributed by atoms with Gasteiger partial charge in [0.25, 0.3) is 6.47 Å². The van der Waals surface area contributed by atoms with Crippen LogP contribution in [0.25, 0.3) is 0 Å². The Morgan fingerprint density at radius 3 is 2.59 bits per heavy atom. The molecule has 0 aliphatic carbocycles. The van der Waals surface area contributed by atoms with Gasteiger partial charge in [-0.15, -0.1) is 11.3 Å². The van der Waals surface area contributed by atoms with Crippen LogP contribution in [-0.2, 0) is 24.7 Å². The van der Waals surface area contributed by atoms with E-state index >= 15 is 0 Å². The number of ether oxygens (including phenoxy) is 2. The molecule has 1 aromatic heterocycles. The molecule has 1 N–H and O–H groups in total. The number of nitrogens with zero attached hydrogens (tertiary/aromatic N) is 5. The van der Waals surface area contributed by atoms with Crippen molar-refractivity contribution in [2.24, 2.45) is 4.99 Å². The lowest BCUT2D eigenvalue weighted by atomic mass is 9.95. The lowest BCUT2D eigenvalue weighted by Gasteiger charge is -2.38. The minimum atomic E-state index is -1.05. The smallest absolute Gasteiger partial charge is 0.338 e. The maximum absolute atomic E-state index is 14.4. The Bertz CT molecular complexity index is 1710. The van der Waals surface area contributed by atoms with Crippen molar-refractivity contribution in [3.8, 4) is 0 Å². The van der Waals surface area contributed by atoms with Crippen LogP contribution in [0.3, 0.4) is 0 Å². The summed E-state index contributed by atoms with van der Waals surface area (Å²) in [5, 5.41) is 5.63. The van der Waals surface area contributed by atoms with Gasteiger partial charge in [0.2, 0.25) is 0 Å². The van der Waals surface area contributed by atoms with E-state index in [2.05, 4.69) is 15.2 Å². The van der Waals surface area contributed by atoms with E-state index in [9.17, 15) is 23.2 Å². The fourth-order valence-corrected chi connectivity index (χ4v) is 6.62. The molecule has 3 aliphatic rings. The molecule has 46 heavy (non-hydrogen) atoms. The van der Waals surface area contributed by atoms with Crippen LogP contribution in [0.1, 0.15) is 36.0 Å². The predicted octanol–water partition coefficient (Wildman–Crippen LogP) is 3.97. The van der Waals surface area contributed by atoms with Gasteiger partial charge in [0.05, 0.1) is 18.7 Å². The number of piperazine rings is 1. The maximum atomic E-state index is 14.4. The fourth-order valence-electron chi connectivity index (χ4n) is 6.03. The van der Waals surface area contributed by atoms with Crippen molar-refractivity contribution in [2.45, 2.75) is 31.5 Å². The van der Waals surface area contributed by atoms with Gasteiger partial charge in [-0.25, -0.2) is 23.4 Å². The molecule has 2 saturated heterocycles. The molecule has 240 valence electrons. The van der Waals surface area contributed by atoms with E-state index < -0.39 is 29.2 Å². The number of thiazole rings is 1. The quantitative estimate of drug-likeness (QED) is 0.273. The zero-order valence-electron chi connectivity index (χ0n) is 25.4. The van der Waals surface area contributed by atoms with Gasteiger partial charge in [0.15, 0.2) is 22.5 Å². The third-order valence-corrected chi connectivity index (χ3v) is 9.24. The topological polar surface area (TPSA) is 117 Å². The number of carbonyl (C=O) groups excluding carboxylic acids is 3. The SMILES string of the molecule is COC(=O)C1=C(CN2CCN3C(=O)N(c4ccc(C(C)(C)OC=O)cc4)C[C@@H]3C2)NC(c2nccs2)=N[C@H]1c1ccc(F)c(F)c1. The molecule has 0 saturated carbocycles. The van der Waals surface area contributed by atoms with Gasteiger partial charge in [0, 0.05) is 55.7 Å². The molecule has 0 bridgehead atoms. The number of methoxy groups -OCH3 is 1. The first-order chi connectivity index (χ1) is 22.1. The number of halogens is 2. The van der Waals surface area contributed by atoms with Gasteiger partial charge >= 0.3 is 12.0 Å². The molecule has 14 heteroatoms. The molecule has 3 aliphatic heterocycles. The van der Waals surface area contributed by atoms with E-state index in [1.54, 1.807) is 30.3 Å². The predicted molar refractivity (Wildman–Crippen MR) is 166 cm³/mol. The van der Waals surface area contributed by atoms with Gasteiger partial charge in [-0.1, -0.05) is 18.2 Å². The molecule has 2 aromatic carbocycles. The summed E-state index contributed by atoms with van der Waals surface area (Å²) in [4.78, 5) is 52.3. The molecule has 6 rings (SSSR count). The molecule has 2 fully saturated rings. The average molecular weight is 651 g/mol. The minimum Gasteiger partial charge on any atom is -0.466 e. The molecule has 0 unspecified atom stereocenters. The third kappa shape index (κ3) is 5.97. The van der Waals surface area contributed by atoms with Crippen molar-refractivity contribution >= 4 is 41.3 Å². The molecule has 4 heterocycles. The first-order valence-electron chi connectivity index (χ1n) is 14.6. The summed E-state index contributed by atoms with van der Waals surface area (Å²) >= 11 is 1.35. The Balaban J connectivity index is 1.25. The Labute approximate surface area is 268 Å². The molecule has 0 radical (unpaired) electrons. The summed E-state index contributed by atoms with van der Waals surface area (Å²) in [5.41, 5.74) is 1.72. The summed E-state index contributed by atoms with van der Waals surface area (Å²) in [5.74, 6) is -2.30. The van der Waals surface area contributed by atoms with Gasteiger partial charge in [-0.2, -0.15) is 0 Å². The molecule has 3 aromatic rings. The molecular formula is C32H32F2N6O5S. The van der Waals surface area contributed by atoms with E-state index in [0.29, 0.717) is 54.8 Å². The number of benzene rings is 2. The standard InChI is InChI=1S/C32H32F2N6O5S/c1-32(2,45-18-41)20-5-7-21(8-6-20)40-16-22-15-38(11-12-39(22)31(40)43)17-25-26(30(42)44-3)27(19-4-9-23(33)24(34)14-19)37-28(36-25)29-35-10-13-46-29/h4-10,13-14,18,22,27H,11-12,15-17H2,1-3H3,(H,36,37)/t22-,27-/m0/s1. The van der Waals surface area contributed by atoms with Crippen molar-refractivity contribution in [3.05, 3.63) is 93.1 Å². The third-order valence-electron chi connectivity index (χ3n) is 8.46. The second-order valence-electron chi connectivity index (χ2n) is 11.6. The van der Waals surface area contributed by atoms with Crippen molar-refractivity contribution in [3.63, 3.8) is 0 Å². The Morgan fingerprint density at radius 1 is 1.13 bits per heavy atom. The van der Waals surface area contributed by atoms with Gasteiger partial charge in [-0.3, -0.25) is 19.6 Å². The highest BCUT2D eigenvalue weighted by Gasteiger charge is 2.42. The summed E-state index contributed by atoms with van der Waals surface area (Å²) < 4.78 is 38.5. The second-order valence-corrected chi connectivity index (χ2v) is 12.5. The first-order valence-corrected chi connectivity index (χ1v) is 15.5. The number of esters is 1. The second kappa shape index (κ2) is 12.6. The van der Waals surface area contributed by atoms with Crippen LogP contribution in [-0.4, -0.2) is 85.0 Å². The van der Waals surface area contributed by atoms with Crippen LogP contribution in [0, 0.1) is 11.6 Å². The number of aliphatic imine (C=N–C) groups is 1. The van der Waals surface area contributed by atoms with E-state index in [-0.39, 0.29) is 24.2 Å². The molecule has 11 nitrogen and oxygen atoms in total. The van der Waals surface area contributed by atoms with Crippen LogP contribution in [0.15, 0.2) is 70.3 Å². The lowest BCUT2D eigenvalue weighted by Crippen LogP contribution is -2.53. The highest BCUT2D eigenvalue weighted by Crippen LogP contribution is 2.35. The monoisotopic (exact) mass is 650 g/mol. The zero-order chi connectivity index (χ0) is 32.6. The van der Waals surface area contributed by atoms with E-state index in [1.807, 2.05) is 29.2 Å². The number of amidine groups is 1. The number of hydrogen-bond donors (Lipinski definition) is 1. The number of rotatable bonds is 9. The molecular weight excluding hydrogens is 618 g/mol. The average Bonchev–Trinajstić information content (AvgIpc) is 3.70. The Kier molecular flexibility index (Phi) is 8.57. The van der Waals surface area contributed by atoms with Gasteiger partial charge in [0.1, 0.15) is 11.6 Å². The zero-order valence-corrected chi connectivity index (χ0v) is 26.2. The van der Waals surface area contributed by atoms with Gasteiger partial charge in [-0.05, 0) is 49.2 Å². The summed E-state index contributed by atoms with van der Waals surface area (Å²) in [6, 6.07) is 9.65. The van der Waals surface area contributed by atoms with E-state index in [0.717, 1.165) is 23.4 Å². The highest BCUT2D eigenvalue weighted by atomic mass is 32.1. The number of amides is 2. The van der Waals surface area contributed by atoms with Crippen LogP contribution in [0.5, 0.6) is 0 Å². The fraction of sp³-hybridized carbons (Fsp3) is 0.344. The van der Waals surface area contributed by atoms with Crippen molar-refractivity contribution in [1.82, 2.24) is 20.1 Å². The number of anilines is 1. The summed E-state index contributed by atoms with van der Waals surface area (Å²) in [7, 11) is 1.26. The largest absolute Gasteiger partial charge is 0.466 e. The van der Waals surface area contributed by atoms with E-state index in [1.165, 1.54) is 24.5 Å². The Hall–Kier alpha value is -4.69. The van der Waals surface area contributed by atoms with Crippen LogP contribution in [0.4, 0.5) is 19.3 Å². The maximum Gasteiger partial charge on any atom is 0.338 e.